The SMILES string of the molecule is CCCC[Si](CCCC)(CCCC)O[C@@H]1C[C@H]2[C@@H]3C(=O)C=C4C[C@@H](OC(C)=O)CC[C@]4(C)[C@H]3CC[C@]2(C)C1. The standard InChI is InChI=1S/C33H56O4Si/c1-7-10-17-38(18-11-8-2,19-12-9-3)37-27-22-29-31-28(14-15-32(29,5)23-27)33(6)16-13-26(36-24(4)34)20-25(33)21-30(31)35/h21,26-29,31H,7-20,22-23H2,1-6H3/t26-,27+,28-,29-,31+,32+,33-/m0/s1. The van der Waals surface area contributed by atoms with Gasteiger partial charge in [-0.1, -0.05) is 78.7 Å². The van der Waals surface area contributed by atoms with Crippen LogP contribution in [0.3, 0.4) is 0 Å². The molecule has 0 aliphatic heterocycles. The number of unbranched alkanes of at least 4 members (excludes halogenated alkanes) is 3. The van der Waals surface area contributed by atoms with Crippen molar-refractivity contribution in [2.75, 3.05) is 0 Å². The maximum absolute atomic E-state index is 13.8. The Bertz CT molecular complexity index is 860. The molecule has 4 aliphatic carbocycles. The van der Waals surface area contributed by atoms with Crippen LogP contribution in [0.5, 0.6) is 0 Å². The van der Waals surface area contributed by atoms with Crippen molar-refractivity contribution in [3.05, 3.63) is 11.6 Å². The second kappa shape index (κ2) is 12.3. The number of rotatable bonds is 12. The number of carbonyl (C=O) groups excluding carboxylic acids is 2. The van der Waals surface area contributed by atoms with Crippen LogP contribution in [0.25, 0.3) is 0 Å². The van der Waals surface area contributed by atoms with Gasteiger partial charge in [0.1, 0.15) is 6.10 Å². The predicted octanol–water partition coefficient (Wildman–Crippen LogP) is 8.79. The Labute approximate surface area is 234 Å². The van der Waals surface area contributed by atoms with Crippen molar-refractivity contribution in [3.8, 4) is 0 Å². The van der Waals surface area contributed by atoms with Gasteiger partial charge in [0.15, 0.2) is 14.1 Å². The molecule has 0 amide bonds. The summed E-state index contributed by atoms with van der Waals surface area (Å²) in [4.78, 5) is 25.4. The highest BCUT2D eigenvalue weighted by Gasteiger charge is 2.60. The van der Waals surface area contributed by atoms with Gasteiger partial charge >= 0.3 is 5.97 Å². The maximum atomic E-state index is 13.8. The molecule has 0 saturated heterocycles. The molecule has 0 aromatic heterocycles. The molecule has 3 saturated carbocycles. The van der Waals surface area contributed by atoms with E-state index in [0.717, 1.165) is 38.5 Å². The van der Waals surface area contributed by atoms with Crippen LogP contribution >= 0.6 is 0 Å². The van der Waals surface area contributed by atoms with Gasteiger partial charge in [0.25, 0.3) is 0 Å². The lowest BCUT2D eigenvalue weighted by atomic mass is 9.48. The monoisotopic (exact) mass is 544 g/mol. The third-order valence-corrected chi connectivity index (χ3v) is 16.0. The Morgan fingerprint density at radius 3 is 2.16 bits per heavy atom. The van der Waals surface area contributed by atoms with Crippen LogP contribution in [-0.2, 0) is 18.8 Å². The van der Waals surface area contributed by atoms with Crippen molar-refractivity contribution in [1.82, 2.24) is 0 Å². The number of carbonyl (C=O) groups is 2. The minimum Gasteiger partial charge on any atom is -0.462 e. The average Bonchev–Trinajstić information content (AvgIpc) is 3.21. The Morgan fingerprint density at radius 2 is 1.58 bits per heavy atom. The van der Waals surface area contributed by atoms with Crippen LogP contribution in [0.4, 0.5) is 0 Å². The molecule has 0 N–H and O–H groups in total. The van der Waals surface area contributed by atoms with Gasteiger partial charge < -0.3 is 9.16 Å². The Balaban J connectivity index is 1.55. The van der Waals surface area contributed by atoms with Gasteiger partial charge in [-0.25, -0.2) is 0 Å². The van der Waals surface area contributed by atoms with Gasteiger partial charge in [-0.15, -0.1) is 0 Å². The highest BCUT2D eigenvalue weighted by Crippen LogP contribution is 2.64. The minimum atomic E-state index is -1.78. The van der Waals surface area contributed by atoms with Crippen molar-refractivity contribution in [3.63, 3.8) is 0 Å². The third-order valence-electron chi connectivity index (χ3n) is 11.3. The second-order valence-electron chi connectivity index (χ2n) is 14.1. The maximum Gasteiger partial charge on any atom is 0.302 e. The van der Waals surface area contributed by atoms with Crippen molar-refractivity contribution in [2.24, 2.45) is 28.6 Å². The molecule has 5 heteroatoms. The summed E-state index contributed by atoms with van der Waals surface area (Å²) in [6.07, 6.45) is 17.2. The van der Waals surface area contributed by atoms with Crippen LogP contribution in [-0.4, -0.2) is 32.3 Å². The number of ether oxygens (including phenoxy) is 1. The Hall–Kier alpha value is -0.943. The number of hydrogen-bond donors (Lipinski definition) is 0. The van der Waals surface area contributed by atoms with Crippen LogP contribution in [0.1, 0.15) is 125 Å². The van der Waals surface area contributed by atoms with E-state index in [1.807, 2.05) is 6.08 Å². The van der Waals surface area contributed by atoms with Crippen LogP contribution in [0.2, 0.25) is 18.1 Å². The summed E-state index contributed by atoms with van der Waals surface area (Å²) >= 11 is 0. The molecule has 0 bridgehead atoms. The van der Waals surface area contributed by atoms with E-state index in [0.29, 0.717) is 23.7 Å². The molecule has 4 aliphatic rings. The first-order valence-electron chi connectivity index (χ1n) is 16.2. The molecule has 0 unspecified atom stereocenters. The zero-order chi connectivity index (χ0) is 27.6. The van der Waals surface area contributed by atoms with E-state index < -0.39 is 8.32 Å². The van der Waals surface area contributed by atoms with Gasteiger partial charge in [-0.2, -0.15) is 0 Å². The summed E-state index contributed by atoms with van der Waals surface area (Å²) < 4.78 is 13.0. The third kappa shape index (κ3) is 6.04. The number of fused-ring (bicyclic) bond motifs is 5. The molecular formula is C33H56O4Si. The molecule has 3 fully saturated rings. The summed E-state index contributed by atoms with van der Waals surface area (Å²) in [5, 5.41) is 0. The summed E-state index contributed by atoms with van der Waals surface area (Å²) in [6.45, 7) is 13.4. The lowest BCUT2D eigenvalue weighted by molar-refractivity contribution is -0.149. The van der Waals surface area contributed by atoms with Gasteiger partial charge in [-0.3, -0.25) is 9.59 Å². The zero-order valence-corrected chi connectivity index (χ0v) is 26.4. The summed E-state index contributed by atoms with van der Waals surface area (Å²) in [7, 11) is -1.78. The van der Waals surface area contributed by atoms with Crippen molar-refractivity contribution >= 4 is 20.1 Å². The van der Waals surface area contributed by atoms with Crippen molar-refractivity contribution < 1.29 is 18.8 Å². The lowest BCUT2D eigenvalue weighted by Crippen LogP contribution is -2.52. The highest BCUT2D eigenvalue weighted by molar-refractivity contribution is 6.73. The lowest BCUT2D eigenvalue weighted by Gasteiger charge is -2.56. The largest absolute Gasteiger partial charge is 0.462 e. The normalized spacial score (nSPS) is 36.7. The molecule has 0 aromatic carbocycles. The van der Waals surface area contributed by atoms with Crippen molar-refractivity contribution in [2.45, 2.75) is 155 Å². The topological polar surface area (TPSA) is 52.6 Å². The quantitative estimate of drug-likeness (QED) is 0.182. The molecule has 0 radical (unpaired) electrons. The van der Waals surface area contributed by atoms with E-state index in [1.165, 1.54) is 75.6 Å². The van der Waals surface area contributed by atoms with E-state index in [4.69, 9.17) is 9.16 Å². The summed E-state index contributed by atoms with van der Waals surface area (Å²) in [6, 6.07) is 3.96. The molecular weight excluding hydrogens is 488 g/mol. The number of ketones is 1. The Kier molecular flexibility index (Phi) is 9.71. The van der Waals surface area contributed by atoms with Crippen LogP contribution < -0.4 is 0 Å². The highest BCUT2D eigenvalue weighted by atomic mass is 28.4. The van der Waals surface area contributed by atoms with E-state index in [2.05, 4.69) is 34.6 Å². The minimum absolute atomic E-state index is 0.0669. The van der Waals surface area contributed by atoms with Crippen LogP contribution in [0, 0.1) is 28.6 Å². The molecule has 0 heterocycles. The van der Waals surface area contributed by atoms with Crippen molar-refractivity contribution in [1.29, 1.82) is 0 Å². The van der Waals surface area contributed by atoms with Crippen LogP contribution in [0.15, 0.2) is 11.6 Å². The Morgan fingerprint density at radius 1 is 0.947 bits per heavy atom. The average molecular weight is 545 g/mol. The first kappa shape index (κ1) is 30.0. The fraction of sp³-hybridized carbons (Fsp3) is 0.879. The number of hydrogen-bond acceptors (Lipinski definition) is 4. The molecule has 38 heavy (non-hydrogen) atoms. The van der Waals surface area contributed by atoms with Gasteiger partial charge in [0.2, 0.25) is 0 Å². The molecule has 216 valence electrons. The first-order chi connectivity index (χ1) is 18.1. The predicted molar refractivity (Wildman–Crippen MR) is 157 cm³/mol. The molecule has 4 rings (SSSR count). The first-order valence-corrected chi connectivity index (χ1v) is 18.7. The summed E-state index contributed by atoms with van der Waals surface area (Å²) in [5.74, 6) is 1.15. The van der Waals surface area contributed by atoms with E-state index in [-0.39, 0.29) is 28.8 Å². The zero-order valence-electron chi connectivity index (χ0n) is 25.4. The van der Waals surface area contributed by atoms with Gasteiger partial charge in [-0.05, 0) is 85.4 Å². The number of allylic oxidation sites excluding steroid dienone is 1. The molecule has 4 nitrogen and oxygen atoms in total. The van der Waals surface area contributed by atoms with E-state index >= 15 is 0 Å². The fourth-order valence-corrected chi connectivity index (χ4v) is 14.2. The molecule has 0 spiro atoms. The second-order valence-corrected chi connectivity index (χ2v) is 18.2. The van der Waals surface area contributed by atoms with Gasteiger partial charge in [0.05, 0.1) is 0 Å². The smallest absolute Gasteiger partial charge is 0.302 e. The molecule has 7 atom stereocenters. The van der Waals surface area contributed by atoms with E-state index in [1.54, 1.807) is 0 Å². The fourth-order valence-electron chi connectivity index (χ4n) is 9.19. The molecule has 0 aromatic rings. The summed E-state index contributed by atoms with van der Waals surface area (Å²) in [5.41, 5.74) is 1.54. The van der Waals surface area contributed by atoms with E-state index in [9.17, 15) is 9.59 Å². The van der Waals surface area contributed by atoms with Gasteiger partial charge in [0, 0.05) is 25.4 Å². The number of esters is 1.